The zero-order chi connectivity index (χ0) is 44.7. The number of anilines is 1. The van der Waals surface area contributed by atoms with Crippen LogP contribution in [-0.4, -0.2) is 123 Å². The number of fused-ring (bicyclic) bond motifs is 1. The molecule has 10 N–H and O–H groups in total. The summed E-state index contributed by atoms with van der Waals surface area (Å²) in [6, 6.07) is 0. The number of thioether (sulfide) groups is 1. The normalized spacial score (nSPS) is 21.4. The number of unbranched alkanes of at least 4 members (excludes halogenated alkanes) is 2. The number of phosphoric ester groups is 3. The molecular formula is C32H50N7O17P3S. The van der Waals surface area contributed by atoms with Crippen molar-refractivity contribution < 1.29 is 80.5 Å². The second kappa shape index (κ2) is 23.3. The quantitative estimate of drug-likeness (QED) is 0.0295. The fourth-order valence-electron chi connectivity index (χ4n) is 5.09. The van der Waals surface area contributed by atoms with Crippen molar-refractivity contribution >= 4 is 69.1 Å². The highest BCUT2D eigenvalue weighted by Crippen LogP contribution is 2.61. The Hall–Kier alpha value is -3.22. The lowest BCUT2D eigenvalue weighted by molar-refractivity contribution is -0.137. The zero-order valence-electron chi connectivity index (χ0n) is 32.7. The lowest BCUT2D eigenvalue weighted by Gasteiger charge is -2.30. The van der Waals surface area contributed by atoms with Crippen molar-refractivity contribution in [2.75, 3.05) is 37.8 Å². The van der Waals surface area contributed by atoms with E-state index in [4.69, 9.17) is 19.5 Å². The van der Waals surface area contributed by atoms with Crippen LogP contribution in [0.25, 0.3) is 11.2 Å². The molecule has 1 aliphatic rings. The first-order chi connectivity index (χ1) is 28.1. The van der Waals surface area contributed by atoms with Gasteiger partial charge in [-0.3, -0.25) is 32.5 Å². The third-order valence-corrected chi connectivity index (χ3v) is 12.1. The molecule has 1 saturated heterocycles. The van der Waals surface area contributed by atoms with Gasteiger partial charge in [-0.05, 0) is 12.5 Å². The summed E-state index contributed by atoms with van der Waals surface area (Å²) in [6.45, 7) is 2.56. The topological polar surface area (TPSA) is 364 Å². The number of imidazole rings is 1. The van der Waals surface area contributed by atoms with Gasteiger partial charge in [-0.2, -0.15) is 4.31 Å². The van der Waals surface area contributed by atoms with Crippen LogP contribution in [0.2, 0.25) is 0 Å². The van der Waals surface area contributed by atoms with Gasteiger partial charge in [0.25, 0.3) is 0 Å². The number of nitrogen functional groups attached to an aromatic ring is 1. The first-order valence-corrected chi connectivity index (χ1v) is 23.6. The third-order valence-electron chi connectivity index (χ3n) is 8.17. The van der Waals surface area contributed by atoms with Gasteiger partial charge in [0.15, 0.2) is 17.7 Å². The number of carbonyl (C=O) groups is 3. The largest absolute Gasteiger partial charge is 0.481 e. The minimum absolute atomic E-state index is 0.0290. The molecule has 60 heavy (non-hydrogen) atoms. The Balaban J connectivity index is 1.43. The minimum atomic E-state index is -5.58. The maximum atomic E-state index is 12.7. The van der Waals surface area contributed by atoms with Gasteiger partial charge in [-0.25, -0.2) is 28.6 Å². The maximum absolute atomic E-state index is 12.7. The fourth-order valence-corrected chi connectivity index (χ4v) is 8.50. The van der Waals surface area contributed by atoms with E-state index in [1.165, 1.54) is 19.9 Å². The Bertz CT molecular complexity index is 2010. The minimum Gasteiger partial charge on any atom is -0.386 e. The molecule has 2 amide bonds. The average molecular weight is 930 g/mol. The van der Waals surface area contributed by atoms with Gasteiger partial charge in [0.05, 0.1) is 19.5 Å². The summed E-state index contributed by atoms with van der Waals surface area (Å²) in [5, 5.41) is 26.2. The Kier molecular flexibility index (Phi) is 19.8. The zero-order valence-corrected chi connectivity index (χ0v) is 36.2. The van der Waals surface area contributed by atoms with Crippen molar-refractivity contribution in [1.82, 2.24) is 30.2 Å². The number of hydrogen-bond acceptors (Lipinski definition) is 18. The SMILES string of the molecule is CCCC/C=C/C=C/C=C/C(=O)SCCNC(=O)CCNC(=O)C(O)C(C)(C)COP(=O)(O)OP(=O)(O)OCC1OC(n2cnc3c(N)ncnc32)C(O)C1OP(=O)(O)O. The molecule has 3 heterocycles. The maximum Gasteiger partial charge on any atom is 0.481 e. The molecule has 2 aromatic rings. The van der Waals surface area contributed by atoms with Crippen LogP contribution >= 0.6 is 35.2 Å². The van der Waals surface area contributed by atoms with E-state index in [2.05, 4.69) is 41.3 Å². The number of aliphatic hydroxyl groups excluding tert-OH is 2. The van der Waals surface area contributed by atoms with E-state index in [9.17, 15) is 57.9 Å². The highest BCUT2D eigenvalue weighted by Gasteiger charge is 2.50. The summed E-state index contributed by atoms with van der Waals surface area (Å²) >= 11 is 1.01. The Morgan fingerprint density at radius 2 is 1.73 bits per heavy atom. The van der Waals surface area contributed by atoms with Gasteiger partial charge >= 0.3 is 23.5 Å². The number of carbonyl (C=O) groups excluding carboxylic acids is 3. The fraction of sp³-hybridized carbons (Fsp3) is 0.562. The number of rotatable bonds is 25. The van der Waals surface area contributed by atoms with Crippen LogP contribution in [-0.2, 0) is 50.7 Å². The summed E-state index contributed by atoms with van der Waals surface area (Å²) in [4.78, 5) is 87.7. The van der Waals surface area contributed by atoms with Crippen LogP contribution in [0, 0.1) is 5.41 Å². The van der Waals surface area contributed by atoms with Crippen molar-refractivity contribution in [1.29, 1.82) is 0 Å². The number of phosphoric acid groups is 3. The predicted octanol–water partition coefficient (Wildman–Crippen LogP) is 1.52. The van der Waals surface area contributed by atoms with E-state index < -0.39 is 84.6 Å². The number of ether oxygens (including phenoxy) is 1. The van der Waals surface area contributed by atoms with Crippen molar-refractivity contribution in [3.8, 4) is 0 Å². The van der Waals surface area contributed by atoms with E-state index in [1.54, 1.807) is 12.2 Å². The highest BCUT2D eigenvalue weighted by atomic mass is 32.2. The number of nitrogens with zero attached hydrogens (tertiary/aromatic N) is 4. The Labute approximate surface area is 348 Å². The van der Waals surface area contributed by atoms with E-state index in [1.807, 2.05) is 18.2 Å². The molecule has 0 saturated carbocycles. The lowest BCUT2D eigenvalue weighted by atomic mass is 9.87. The molecule has 0 aromatic carbocycles. The van der Waals surface area contributed by atoms with Crippen molar-refractivity contribution in [3.05, 3.63) is 49.1 Å². The van der Waals surface area contributed by atoms with Crippen molar-refractivity contribution in [2.24, 2.45) is 5.41 Å². The van der Waals surface area contributed by atoms with Crippen LogP contribution in [0.5, 0.6) is 0 Å². The van der Waals surface area contributed by atoms with Gasteiger partial charge in [0, 0.05) is 30.7 Å². The molecule has 28 heteroatoms. The van der Waals surface area contributed by atoms with E-state index in [0.717, 1.165) is 48.2 Å². The summed E-state index contributed by atoms with van der Waals surface area (Å²) < 4.78 is 62.2. The Morgan fingerprint density at radius 3 is 2.43 bits per heavy atom. The second-order valence-corrected chi connectivity index (χ2v) is 18.9. The van der Waals surface area contributed by atoms with Crippen LogP contribution in [0.15, 0.2) is 49.1 Å². The predicted molar refractivity (Wildman–Crippen MR) is 214 cm³/mol. The molecule has 1 fully saturated rings. The van der Waals surface area contributed by atoms with Gasteiger partial charge in [0.2, 0.25) is 16.9 Å². The van der Waals surface area contributed by atoms with Crippen molar-refractivity contribution in [2.45, 2.75) is 77.1 Å². The highest BCUT2D eigenvalue weighted by molar-refractivity contribution is 8.14. The molecule has 0 spiro atoms. The molecule has 24 nitrogen and oxygen atoms in total. The smallest absolute Gasteiger partial charge is 0.386 e. The molecule has 1 aliphatic heterocycles. The number of amides is 2. The van der Waals surface area contributed by atoms with Crippen LogP contribution in [0.4, 0.5) is 5.82 Å². The number of allylic oxidation sites excluding steroid dienone is 5. The van der Waals surface area contributed by atoms with E-state index in [0.29, 0.717) is 5.75 Å². The molecule has 0 aliphatic carbocycles. The molecule has 336 valence electrons. The molecule has 3 rings (SSSR count). The second-order valence-electron chi connectivity index (χ2n) is 13.6. The number of aromatic nitrogens is 4. The summed E-state index contributed by atoms with van der Waals surface area (Å²) in [5.74, 6) is -1.17. The molecule has 0 radical (unpaired) electrons. The number of hydrogen-bond donors (Lipinski definition) is 9. The molecule has 2 aromatic heterocycles. The molecule has 7 atom stereocenters. The van der Waals surface area contributed by atoms with Crippen LogP contribution < -0.4 is 16.4 Å². The molecule has 0 bridgehead atoms. The number of aliphatic hydroxyl groups is 2. The number of nitrogens with one attached hydrogen (secondary N) is 2. The average Bonchev–Trinajstić information content (AvgIpc) is 3.72. The number of nitrogens with two attached hydrogens (primary N) is 1. The van der Waals surface area contributed by atoms with Gasteiger partial charge < -0.3 is 50.9 Å². The lowest BCUT2D eigenvalue weighted by Crippen LogP contribution is -2.46. The Morgan fingerprint density at radius 1 is 1.03 bits per heavy atom. The van der Waals surface area contributed by atoms with E-state index in [-0.39, 0.29) is 41.6 Å². The van der Waals surface area contributed by atoms with Gasteiger partial charge in [-0.1, -0.05) is 75.8 Å². The van der Waals surface area contributed by atoms with Crippen LogP contribution in [0.3, 0.4) is 0 Å². The molecular weight excluding hydrogens is 879 g/mol. The first-order valence-electron chi connectivity index (χ1n) is 18.1. The van der Waals surface area contributed by atoms with Gasteiger partial charge in [-0.15, -0.1) is 0 Å². The third kappa shape index (κ3) is 16.9. The van der Waals surface area contributed by atoms with Crippen LogP contribution in [0.1, 0.15) is 52.7 Å². The summed E-state index contributed by atoms with van der Waals surface area (Å²) in [6.07, 6.45) is 6.81. The van der Waals surface area contributed by atoms with Gasteiger partial charge in [0.1, 0.15) is 36.3 Å². The first kappa shape index (κ1) is 51.1. The summed E-state index contributed by atoms with van der Waals surface area (Å²) in [5.41, 5.74) is 4.26. The molecule has 7 unspecified atom stereocenters. The monoisotopic (exact) mass is 929 g/mol. The van der Waals surface area contributed by atoms with Crippen molar-refractivity contribution in [3.63, 3.8) is 0 Å². The summed E-state index contributed by atoms with van der Waals surface area (Å²) in [7, 11) is -16.4. The van der Waals surface area contributed by atoms with E-state index >= 15 is 0 Å². The standard InChI is InChI=1S/C32H50N7O17P3S/c1-4-5-6-7-8-9-10-11-12-23(41)60-16-15-34-22(40)13-14-35-30(44)27(43)32(2,3)18-53-59(50,51)56-58(48,49)52-17-21-26(55-57(45,46)47)25(42)31(54-21)39-20-38-24-28(33)36-19-37-29(24)39/h7-12,19-21,25-27,31,42-43H,4-6,13-18H2,1-3H3,(H,34,40)(H,35,44)(H,48,49)(H,50,51)(H2,33,36,37)(H2,45,46,47)/b8-7+,10-9+,12-11+.